The van der Waals surface area contributed by atoms with Gasteiger partial charge in [0.1, 0.15) is 0 Å². The lowest BCUT2D eigenvalue weighted by Gasteiger charge is -2.28. The number of hydrogen-bond acceptors (Lipinski definition) is 4. The number of carbonyl (C=O) groups is 1. The zero-order valence-corrected chi connectivity index (χ0v) is 13.5. The van der Waals surface area contributed by atoms with Crippen LogP contribution in [0, 0.1) is 0 Å². The third kappa shape index (κ3) is 5.20. The second kappa shape index (κ2) is 8.42. The minimum absolute atomic E-state index is 0.364. The summed E-state index contributed by atoms with van der Waals surface area (Å²) in [6, 6.07) is 0.395. The first-order valence-corrected chi connectivity index (χ1v) is 9.70. The van der Waals surface area contributed by atoms with Gasteiger partial charge in [-0.1, -0.05) is 13.3 Å². The van der Waals surface area contributed by atoms with E-state index in [4.69, 9.17) is 0 Å². The zero-order chi connectivity index (χ0) is 13.5. The third-order valence-corrected chi connectivity index (χ3v) is 6.12. The van der Waals surface area contributed by atoms with Crippen LogP contribution in [-0.2, 0) is 4.79 Å². The van der Waals surface area contributed by atoms with Crippen LogP contribution in [0.2, 0.25) is 0 Å². The summed E-state index contributed by atoms with van der Waals surface area (Å²) in [6.07, 6.45) is 4.43. The number of amides is 1. The van der Waals surface area contributed by atoms with Gasteiger partial charge in [0, 0.05) is 48.9 Å². The number of hydrogen-bond donors (Lipinski definition) is 1. The van der Waals surface area contributed by atoms with Crippen molar-refractivity contribution in [3.05, 3.63) is 0 Å². The Morgan fingerprint density at radius 1 is 1.47 bits per heavy atom. The van der Waals surface area contributed by atoms with Crippen molar-refractivity contribution in [2.45, 2.75) is 43.9 Å². The highest BCUT2D eigenvalue weighted by Gasteiger charge is 2.24. The van der Waals surface area contributed by atoms with Gasteiger partial charge in [-0.2, -0.15) is 23.5 Å². The number of carbonyl (C=O) groups excluding carboxylic acids is 1. The zero-order valence-electron chi connectivity index (χ0n) is 11.9. The summed E-state index contributed by atoms with van der Waals surface area (Å²) in [4.78, 5) is 14.6. The van der Waals surface area contributed by atoms with E-state index in [1.165, 1.54) is 25.0 Å². The lowest BCUT2D eigenvalue weighted by molar-refractivity contribution is -0.131. The molecule has 2 fully saturated rings. The Balaban J connectivity index is 1.81. The maximum atomic E-state index is 12.4. The lowest BCUT2D eigenvalue weighted by Crippen LogP contribution is -2.43. The molecule has 19 heavy (non-hydrogen) atoms. The van der Waals surface area contributed by atoms with Crippen LogP contribution in [0.15, 0.2) is 0 Å². The van der Waals surface area contributed by atoms with E-state index in [-0.39, 0.29) is 0 Å². The maximum Gasteiger partial charge on any atom is 0.224 e. The van der Waals surface area contributed by atoms with Crippen LogP contribution in [0.5, 0.6) is 0 Å². The molecule has 110 valence electrons. The minimum atomic E-state index is 0.364. The SMILES string of the molecule is CCSC1CCCCN(C(=O)CC2CSCCN2)C1. The molecule has 2 aliphatic rings. The van der Waals surface area contributed by atoms with Gasteiger partial charge in [-0.25, -0.2) is 0 Å². The van der Waals surface area contributed by atoms with Crippen molar-refractivity contribution in [3.63, 3.8) is 0 Å². The first-order chi connectivity index (χ1) is 9.29. The van der Waals surface area contributed by atoms with Gasteiger partial charge >= 0.3 is 0 Å². The number of nitrogens with zero attached hydrogens (tertiary/aromatic N) is 1. The van der Waals surface area contributed by atoms with Crippen molar-refractivity contribution in [1.29, 1.82) is 0 Å². The Labute approximate surface area is 125 Å². The van der Waals surface area contributed by atoms with Crippen molar-refractivity contribution in [1.82, 2.24) is 10.2 Å². The molecule has 2 unspecified atom stereocenters. The first-order valence-electron chi connectivity index (χ1n) is 7.50. The summed E-state index contributed by atoms with van der Waals surface area (Å²) in [5.41, 5.74) is 0. The molecule has 0 aromatic rings. The van der Waals surface area contributed by atoms with Gasteiger partial charge in [-0.05, 0) is 18.6 Å². The van der Waals surface area contributed by atoms with E-state index in [1.54, 1.807) is 0 Å². The van der Waals surface area contributed by atoms with E-state index in [9.17, 15) is 4.79 Å². The van der Waals surface area contributed by atoms with E-state index in [2.05, 4.69) is 17.1 Å². The van der Waals surface area contributed by atoms with Crippen LogP contribution in [0.25, 0.3) is 0 Å². The third-order valence-electron chi connectivity index (χ3n) is 3.80. The van der Waals surface area contributed by atoms with Crippen molar-refractivity contribution in [3.8, 4) is 0 Å². The van der Waals surface area contributed by atoms with E-state index in [1.807, 2.05) is 23.5 Å². The van der Waals surface area contributed by atoms with Crippen molar-refractivity contribution in [2.75, 3.05) is 36.9 Å². The van der Waals surface area contributed by atoms with E-state index < -0.39 is 0 Å². The second-order valence-electron chi connectivity index (χ2n) is 5.34. The van der Waals surface area contributed by atoms with Gasteiger partial charge < -0.3 is 10.2 Å². The highest BCUT2D eigenvalue weighted by atomic mass is 32.2. The van der Waals surface area contributed by atoms with Crippen molar-refractivity contribution < 1.29 is 4.79 Å². The predicted molar refractivity (Wildman–Crippen MR) is 86.1 cm³/mol. The second-order valence-corrected chi connectivity index (χ2v) is 8.07. The highest BCUT2D eigenvalue weighted by molar-refractivity contribution is 7.99. The molecule has 0 saturated carbocycles. The average molecular weight is 303 g/mol. The Morgan fingerprint density at radius 2 is 2.37 bits per heavy atom. The highest BCUT2D eigenvalue weighted by Crippen LogP contribution is 2.23. The van der Waals surface area contributed by atoms with Crippen molar-refractivity contribution >= 4 is 29.4 Å². The normalized spacial score (nSPS) is 29.0. The van der Waals surface area contributed by atoms with Crippen LogP contribution >= 0.6 is 23.5 Å². The molecule has 3 nitrogen and oxygen atoms in total. The Hall–Kier alpha value is 0.130. The van der Waals surface area contributed by atoms with Crippen LogP contribution in [0.3, 0.4) is 0 Å². The summed E-state index contributed by atoms with van der Waals surface area (Å²) in [6.45, 7) is 5.21. The van der Waals surface area contributed by atoms with E-state index >= 15 is 0 Å². The standard InChI is InChI=1S/C14H26N2OS2/c1-2-19-13-5-3-4-7-16(10-13)14(17)9-12-11-18-8-6-15-12/h12-13,15H,2-11H2,1H3. The number of rotatable bonds is 4. The molecule has 2 aliphatic heterocycles. The smallest absolute Gasteiger partial charge is 0.224 e. The molecular weight excluding hydrogens is 276 g/mol. The average Bonchev–Trinajstić information content (AvgIpc) is 2.66. The lowest BCUT2D eigenvalue weighted by atomic mass is 10.2. The maximum absolute atomic E-state index is 12.4. The van der Waals surface area contributed by atoms with Gasteiger partial charge in [0.2, 0.25) is 5.91 Å². The molecule has 5 heteroatoms. The monoisotopic (exact) mass is 302 g/mol. The molecule has 0 radical (unpaired) electrons. The van der Waals surface area contributed by atoms with E-state index in [0.717, 1.165) is 31.1 Å². The van der Waals surface area contributed by atoms with Crippen LogP contribution in [0.1, 0.15) is 32.6 Å². The summed E-state index contributed by atoms with van der Waals surface area (Å²) in [7, 11) is 0. The summed E-state index contributed by atoms with van der Waals surface area (Å²) in [5, 5.41) is 4.13. The fraction of sp³-hybridized carbons (Fsp3) is 0.929. The number of likely N-dealkylation sites (tertiary alicyclic amines) is 1. The van der Waals surface area contributed by atoms with Crippen molar-refractivity contribution in [2.24, 2.45) is 0 Å². The Bertz CT molecular complexity index is 283. The summed E-state index contributed by atoms with van der Waals surface area (Å²) in [5.74, 6) is 3.80. The molecule has 2 heterocycles. The van der Waals surface area contributed by atoms with Gasteiger partial charge in [0.25, 0.3) is 0 Å². The quantitative estimate of drug-likeness (QED) is 0.863. The molecule has 2 rings (SSSR count). The van der Waals surface area contributed by atoms with E-state index in [0.29, 0.717) is 23.6 Å². The number of thioether (sulfide) groups is 2. The Morgan fingerprint density at radius 3 is 3.11 bits per heavy atom. The molecular formula is C14H26N2OS2. The molecule has 1 amide bonds. The minimum Gasteiger partial charge on any atom is -0.342 e. The van der Waals surface area contributed by atoms with Crippen LogP contribution in [0.4, 0.5) is 0 Å². The Kier molecular flexibility index (Phi) is 6.88. The molecule has 0 aromatic carbocycles. The van der Waals surface area contributed by atoms with Gasteiger partial charge in [-0.3, -0.25) is 4.79 Å². The first kappa shape index (κ1) is 15.5. The molecule has 0 aliphatic carbocycles. The summed E-state index contributed by atoms with van der Waals surface area (Å²) < 4.78 is 0. The topological polar surface area (TPSA) is 32.3 Å². The van der Waals surface area contributed by atoms with Gasteiger partial charge in [0.05, 0.1) is 0 Å². The van der Waals surface area contributed by atoms with Crippen LogP contribution in [-0.4, -0.2) is 59.0 Å². The van der Waals surface area contributed by atoms with Crippen LogP contribution < -0.4 is 5.32 Å². The molecule has 2 saturated heterocycles. The fourth-order valence-electron chi connectivity index (χ4n) is 2.79. The largest absolute Gasteiger partial charge is 0.342 e. The fourth-order valence-corrected chi connectivity index (χ4v) is 4.83. The molecule has 0 bridgehead atoms. The van der Waals surface area contributed by atoms with Gasteiger partial charge in [0.15, 0.2) is 0 Å². The molecule has 2 atom stereocenters. The molecule has 0 aromatic heterocycles. The predicted octanol–water partition coefficient (Wildman–Crippen LogP) is 2.22. The van der Waals surface area contributed by atoms with Gasteiger partial charge in [-0.15, -0.1) is 0 Å². The molecule has 0 spiro atoms. The summed E-state index contributed by atoms with van der Waals surface area (Å²) >= 11 is 3.99. The number of nitrogens with one attached hydrogen (secondary N) is 1. The molecule has 1 N–H and O–H groups in total.